The number of hydrogen-bond acceptors (Lipinski definition) is 3. The summed E-state index contributed by atoms with van der Waals surface area (Å²) in [5.41, 5.74) is 6.02. The van der Waals surface area contributed by atoms with Crippen LogP contribution >= 0.6 is 15.9 Å². The lowest BCUT2D eigenvalue weighted by molar-refractivity contribution is 0.392. The van der Waals surface area contributed by atoms with Gasteiger partial charge in [-0.05, 0) is 53.4 Å². The Hall–Kier alpha value is -0.500. The number of nitrogens with zero attached hydrogens (tertiary/aromatic N) is 1. The number of aryl methyl sites for hydroxylation is 1. The summed E-state index contributed by atoms with van der Waals surface area (Å²) >= 11 is 3.03. The van der Waals surface area contributed by atoms with Gasteiger partial charge in [-0.3, -0.25) is 0 Å². The van der Waals surface area contributed by atoms with Gasteiger partial charge in [0.2, 0.25) is 10.0 Å². The minimum Gasteiger partial charge on any atom is -0.329 e. The van der Waals surface area contributed by atoms with Gasteiger partial charge in [0.25, 0.3) is 0 Å². The summed E-state index contributed by atoms with van der Waals surface area (Å²) in [6, 6.07) is 2.39. The Kier molecular flexibility index (Phi) is 4.29. The second-order valence-corrected chi connectivity index (χ2v) is 7.39. The molecule has 1 aromatic carbocycles. The van der Waals surface area contributed by atoms with Crippen LogP contribution in [0.25, 0.3) is 0 Å². The van der Waals surface area contributed by atoms with Crippen LogP contribution in [0.15, 0.2) is 21.5 Å². The molecule has 1 atom stereocenters. The normalized spacial score (nSPS) is 20.9. The first-order valence-electron chi connectivity index (χ1n) is 6.05. The van der Waals surface area contributed by atoms with E-state index in [1.807, 2.05) is 0 Å². The Bertz CT molecular complexity index is 592. The third kappa shape index (κ3) is 2.69. The van der Waals surface area contributed by atoms with Crippen molar-refractivity contribution in [3.05, 3.63) is 28.0 Å². The Balaban J connectivity index is 2.48. The Morgan fingerprint density at radius 1 is 1.53 bits per heavy atom. The molecule has 0 radical (unpaired) electrons. The quantitative estimate of drug-likeness (QED) is 0.906. The van der Waals surface area contributed by atoms with Gasteiger partial charge in [-0.2, -0.15) is 4.31 Å². The van der Waals surface area contributed by atoms with Crippen LogP contribution < -0.4 is 5.73 Å². The van der Waals surface area contributed by atoms with Crippen LogP contribution in [-0.2, 0) is 10.0 Å². The lowest BCUT2D eigenvalue weighted by Crippen LogP contribution is -2.40. The van der Waals surface area contributed by atoms with Gasteiger partial charge in [0.15, 0.2) is 0 Å². The van der Waals surface area contributed by atoms with Gasteiger partial charge >= 0.3 is 0 Å². The van der Waals surface area contributed by atoms with Gasteiger partial charge in [0, 0.05) is 19.1 Å². The van der Waals surface area contributed by atoms with Crippen LogP contribution in [-0.4, -0.2) is 31.9 Å². The largest absolute Gasteiger partial charge is 0.329 e. The topological polar surface area (TPSA) is 63.4 Å². The molecule has 19 heavy (non-hydrogen) atoms. The molecule has 1 aromatic rings. The van der Waals surface area contributed by atoms with E-state index < -0.39 is 15.8 Å². The maximum Gasteiger partial charge on any atom is 0.243 e. The van der Waals surface area contributed by atoms with E-state index in [2.05, 4.69) is 15.9 Å². The minimum absolute atomic E-state index is 0.140. The first-order chi connectivity index (χ1) is 8.87. The summed E-state index contributed by atoms with van der Waals surface area (Å²) in [6.45, 7) is 2.37. The van der Waals surface area contributed by atoms with E-state index >= 15 is 0 Å². The smallest absolute Gasteiger partial charge is 0.243 e. The fourth-order valence-electron chi connectivity index (χ4n) is 2.39. The second kappa shape index (κ2) is 5.47. The van der Waals surface area contributed by atoms with Gasteiger partial charge in [0.05, 0.1) is 9.37 Å². The average Bonchev–Trinajstić information content (AvgIpc) is 2.82. The zero-order valence-corrected chi connectivity index (χ0v) is 13.0. The Morgan fingerprint density at radius 2 is 2.21 bits per heavy atom. The van der Waals surface area contributed by atoms with Crippen molar-refractivity contribution in [1.29, 1.82) is 0 Å². The van der Waals surface area contributed by atoms with Gasteiger partial charge < -0.3 is 5.73 Å². The molecular weight excluding hydrogens is 335 g/mol. The first kappa shape index (κ1) is 14.9. The first-order valence-corrected chi connectivity index (χ1v) is 8.28. The van der Waals surface area contributed by atoms with Crippen LogP contribution in [0.2, 0.25) is 0 Å². The van der Waals surface area contributed by atoms with Crippen molar-refractivity contribution in [2.45, 2.75) is 30.7 Å². The van der Waals surface area contributed by atoms with E-state index in [0.717, 1.165) is 12.8 Å². The number of rotatable bonds is 3. The molecule has 0 bridgehead atoms. The zero-order valence-electron chi connectivity index (χ0n) is 10.6. The van der Waals surface area contributed by atoms with E-state index in [1.54, 1.807) is 6.92 Å². The van der Waals surface area contributed by atoms with Crippen LogP contribution in [0.3, 0.4) is 0 Å². The molecule has 1 fully saturated rings. The predicted molar refractivity (Wildman–Crippen MR) is 74.8 cm³/mol. The fraction of sp³-hybridized carbons (Fsp3) is 0.500. The van der Waals surface area contributed by atoms with Crippen LogP contribution in [0.1, 0.15) is 18.4 Å². The molecule has 2 N–H and O–H groups in total. The van der Waals surface area contributed by atoms with Crippen molar-refractivity contribution < 1.29 is 12.8 Å². The van der Waals surface area contributed by atoms with Crippen LogP contribution in [0.4, 0.5) is 4.39 Å². The second-order valence-electron chi connectivity index (χ2n) is 4.68. The summed E-state index contributed by atoms with van der Waals surface area (Å²) in [4.78, 5) is 0.140. The summed E-state index contributed by atoms with van der Waals surface area (Å²) in [5, 5.41) is 0. The molecule has 0 spiro atoms. The van der Waals surface area contributed by atoms with Crippen molar-refractivity contribution in [2.24, 2.45) is 5.73 Å². The maximum atomic E-state index is 13.4. The van der Waals surface area contributed by atoms with E-state index in [1.165, 1.54) is 16.4 Å². The van der Waals surface area contributed by atoms with Crippen molar-refractivity contribution in [3.8, 4) is 0 Å². The van der Waals surface area contributed by atoms with Crippen molar-refractivity contribution >= 4 is 26.0 Å². The Morgan fingerprint density at radius 3 is 2.84 bits per heavy atom. The zero-order chi connectivity index (χ0) is 14.2. The van der Waals surface area contributed by atoms with Crippen LogP contribution in [0, 0.1) is 12.7 Å². The summed E-state index contributed by atoms with van der Waals surface area (Å²) in [7, 11) is -3.61. The SMILES string of the molecule is Cc1cc(F)c(Br)cc1S(=O)(=O)N1CCCC1CN. The lowest BCUT2D eigenvalue weighted by atomic mass is 10.2. The highest BCUT2D eigenvalue weighted by Gasteiger charge is 2.35. The summed E-state index contributed by atoms with van der Waals surface area (Å²) in [5.74, 6) is -0.465. The lowest BCUT2D eigenvalue weighted by Gasteiger charge is -2.23. The number of halogens is 2. The molecule has 0 saturated carbocycles. The van der Waals surface area contributed by atoms with E-state index in [9.17, 15) is 12.8 Å². The highest BCUT2D eigenvalue weighted by atomic mass is 79.9. The molecule has 2 rings (SSSR count). The molecule has 0 aromatic heterocycles. The Labute approximate surface area is 121 Å². The fourth-order valence-corrected chi connectivity index (χ4v) is 4.83. The summed E-state index contributed by atoms with van der Waals surface area (Å²) in [6.07, 6.45) is 1.58. The highest BCUT2D eigenvalue weighted by molar-refractivity contribution is 9.10. The molecule has 1 aliphatic rings. The molecule has 7 heteroatoms. The number of benzene rings is 1. The number of hydrogen-bond donors (Lipinski definition) is 1. The molecule has 1 aliphatic heterocycles. The number of sulfonamides is 1. The van der Waals surface area contributed by atoms with Crippen molar-refractivity contribution in [1.82, 2.24) is 4.31 Å². The highest BCUT2D eigenvalue weighted by Crippen LogP contribution is 2.30. The molecule has 1 saturated heterocycles. The predicted octanol–water partition coefficient (Wildman–Crippen LogP) is 2.01. The van der Waals surface area contributed by atoms with Gasteiger partial charge in [-0.1, -0.05) is 0 Å². The molecule has 1 unspecified atom stereocenters. The molecule has 0 amide bonds. The van der Waals surface area contributed by atoms with Gasteiger partial charge in [-0.25, -0.2) is 12.8 Å². The molecule has 1 heterocycles. The third-order valence-corrected chi connectivity index (χ3v) is 6.10. The third-order valence-electron chi connectivity index (χ3n) is 3.40. The van der Waals surface area contributed by atoms with E-state index in [0.29, 0.717) is 18.7 Å². The van der Waals surface area contributed by atoms with Crippen LogP contribution in [0.5, 0.6) is 0 Å². The molecule has 0 aliphatic carbocycles. The van der Waals surface area contributed by atoms with Gasteiger partial charge in [-0.15, -0.1) is 0 Å². The van der Waals surface area contributed by atoms with E-state index in [4.69, 9.17) is 5.73 Å². The van der Waals surface area contributed by atoms with Crippen molar-refractivity contribution in [3.63, 3.8) is 0 Å². The molecule has 106 valence electrons. The minimum atomic E-state index is -3.61. The van der Waals surface area contributed by atoms with Crippen molar-refractivity contribution in [2.75, 3.05) is 13.1 Å². The maximum absolute atomic E-state index is 13.4. The average molecular weight is 351 g/mol. The van der Waals surface area contributed by atoms with E-state index in [-0.39, 0.29) is 15.4 Å². The molecule has 4 nitrogen and oxygen atoms in total. The standard InChI is InChI=1S/C12H16BrFN2O2S/c1-8-5-11(14)10(13)6-12(8)19(17,18)16-4-2-3-9(16)7-15/h5-6,9H,2-4,7,15H2,1H3. The molecular formula is C12H16BrFN2O2S. The number of nitrogens with two attached hydrogens (primary N) is 1. The monoisotopic (exact) mass is 350 g/mol. The van der Waals surface area contributed by atoms with Gasteiger partial charge in [0.1, 0.15) is 5.82 Å². The summed E-state index contributed by atoms with van der Waals surface area (Å²) < 4.78 is 40.2.